The van der Waals surface area contributed by atoms with Crippen LogP contribution < -0.4 is 0 Å². The summed E-state index contributed by atoms with van der Waals surface area (Å²) in [5.74, 6) is -0.318. The van der Waals surface area contributed by atoms with Crippen LogP contribution in [0.1, 0.15) is 42.3 Å². The number of amides is 1. The summed E-state index contributed by atoms with van der Waals surface area (Å²) in [6, 6.07) is 4.51. The average molecular weight is 400 g/mol. The van der Waals surface area contributed by atoms with E-state index in [0.717, 1.165) is 12.1 Å². The maximum Gasteiger partial charge on any atom is 0.416 e. The first-order chi connectivity index (χ1) is 12.6. The van der Waals surface area contributed by atoms with E-state index < -0.39 is 17.8 Å². The van der Waals surface area contributed by atoms with Crippen LogP contribution in [0.4, 0.5) is 13.2 Å². The Bertz CT molecular complexity index is 858. The molecule has 0 saturated carbocycles. The van der Waals surface area contributed by atoms with Gasteiger partial charge in [0.1, 0.15) is 5.15 Å². The molecule has 0 aliphatic heterocycles. The van der Waals surface area contributed by atoms with Crippen molar-refractivity contribution in [2.24, 2.45) is 7.05 Å². The van der Waals surface area contributed by atoms with Crippen LogP contribution in [-0.4, -0.2) is 27.1 Å². The highest BCUT2D eigenvalue weighted by molar-refractivity contribution is 6.31. The normalized spacial score (nSPS) is 13.2. The largest absolute Gasteiger partial charge is 0.416 e. The maximum atomic E-state index is 12.9. The first-order valence-corrected chi connectivity index (χ1v) is 8.79. The Hall–Kier alpha value is -2.28. The van der Waals surface area contributed by atoms with Crippen molar-refractivity contribution in [1.29, 1.82) is 0 Å². The molecular formula is C19H21ClF3N3O. The van der Waals surface area contributed by atoms with E-state index in [9.17, 15) is 18.0 Å². The van der Waals surface area contributed by atoms with Crippen LogP contribution in [0.5, 0.6) is 0 Å². The molecule has 0 spiro atoms. The smallest absolute Gasteiger partial charge is 0.333 e. The zero-order chi connectivity index (χ0) is 20.4. The number of likely N-dealkylation sites (N-methyl/N-ethyl adjacent to an activating group) is 1. The van der Waals surface area contributed by atoms with E-state index in [1.165, 1.54) is 21.7 Å². The van der Waals surface area contributed by atoms with Crippen LogP contribution in [0.3, 0.4) is 0 Å². The molecule has 2 aromatic rings. The number of benzene rings is 1. The van der Waals surface area contributed by atoms with E-state index in [0.29, 0.717) is 28.5 Å². The van der Waals surface area contributed by atoms with E-state index in [4.69, 9.17) is 11.6 Å². The van der Waals surface area contributed by atoms with E-state index in [2.05, 4.69) is 5.10 Å². The third-order valence-corrected chi connectivity index (χ3v) is 4.82. The van der Waals surface area contributed by atoms with E-state index in [1.54, 1.807) is 40.0 Å². The summed E-state index contributed by atoms with van der Waals surface area (Å²) in [5, 5.41) is 4.58. The Balaban J connectivity index is 2.25. The number of aryl methyl sites for hydroxylation is 2. The van der Waals surface area contributed by atoms with Crippen molar-refractivity contribution in [3.05, 3.63) is 57.9 Å². The Morgan fingerprint density at radius 2 is 2.07 bits per heavy atom. The topological polar surface area (TPSA) is 38.1 Å². The second-order valence-corrected chi connectivity index (χ2v) is 6.53. The summed E-state index contributed by atoms with van der Waals surface area (Å²) in [4.78, 5) is 14.1. The van der Waals surface area contributed by atoms with Gasteiger partial charge in [0, 0.05) is 25.2 Å². The van der Waals surface area contributed by atoms with Crippen molar-refractivity contribution in [3.63, 3.8) is 0 Å². The molecule has 8 heteroatoms. The molecule has 1 atom stereocenters. The van der Waals surface area contributed by atoms with Crippen LogP contribution in [-0.2, 0) is 18.0 Å². The average Bonchev–Trinajstić information content (AvgIpc) is 2.85. The van der Waals surface area contributed by atoms with Gasteiger partial charge in [-0.1, -0.05) is 23.7 Å². The zero-order valence-corrected chi connectivity index (χ0v) is 16.3. The van der Waals surface area contributed by atoms with Crippen molar-refractivity contribution in [1.82, 2.24) is 14.7 Å². The van der Waals surface area contributed by atoms with Gasteiger partial charge in [-0.2, -0.15) is 18.3 Å². The Morgan fingerprint density at radius 3 is 2.59 bits per heavy atom. The van der Waals surface area contributed by atoms with E-state index in [-0.39, 0.29) is 5.91 Å². The number of nitrogens with zero attached hydrogens (tertiary/aromatic N) is 3. The predicted molar refractivity (Wildman–Crippen MR) is 99.2 cm³/mol. The molecule has 1 heterocycles. The fraction of sp³-hybridized carbons (Fsp3) is 0.368. The van der Waals surface area contributed by atoms with Crippen molar-refractivity contribution in [2.75, 3.05) is 6.54 Å². The fourth-order valence-electron chi connectivity index (χ4n) is 2.86. The molecular weight excluding hydrogens is 379 g/mol. The van der Waals surface area contributed by atoms with Crippen LogP contribution in [0.2, 0.25) is 5.15 Å². The Morgan fingerprint density at radius 1 is 1.41 bits per heavy atom. The monoisotopic (exact) mass is 399 g/mol. The number of carbonyl (C=O) groups is 1. The first-order valence-electron chi connectivity index (χ1n) is 8.41. The standard InChI is InChI=1S/C19H21ClF3N3O/c1-5-26(13(3)14-7-6-8-15(11-14)19(21,22)23)17(27)10-9-16-12(2)24-25(4)18(16)20/h6-11,13H,5H2,1-4H3/b10-9+. The molecule has 0 radical (unpaired) electrons. The van der Waals surface area contributed by atoms with Crippen LogP contribution in [0.25, 0.3) is 6.08 Å². The Labute approximate surface area is 161 Å². The summed E-state index contributed by atoms with van der Waals surface area (Å²) < 4.78 is 40.3. The van der Waals surface area contributed by atoms with Gasteiger partial charge in [0.05, 0.1) is 17.3 Å². The van der Waals surface area contributed by atoms with Gasteiger partial charge in [-0.3, -0.25) is 9.48 Å². The lowest BCUT2D eigenvalue weighted by atomic mass is 10.0. The van der Waals surface area contributed by atoms with Crippen molar-refractivity contribution in [2.45, 2.75) is 33.0 Å². The molecule has 1 aromatic heterocycles. The number of rotatable bonds is 5. The summed E-state index contributed by atoms with van der Waals surface area (Å²) in [7, 11) is 1.70. The first kappa shape index (κ1) is 21.0. The minimum absolute atomic E-state index is 0.318. The molecule has 27 heavy (non-hydrogen) atoms. The second-order valence-electron chi connectivity index (χ2n) is 6.17. The van der Waals surface area contributed by atoms with Crippen LogP contribution in [0.15, 0.2) is 30.3 Å². The van der Waals surface area contributed by atoms with Gasteiger partial charge in [-0.05, 0) is 44.5 Å². The molecule has 0 aliphatic carbocycles. The van der Waals surface area contributed by atoms with Gasteiger partial charge < -0.3 is 4.90 Å². The van der Waals surface area contributed by atoms with Gasteiger partial charge in [0.25, 0.3) is 0 Å². The highest BCUT2D eigenvalue weighted by Crippen LogP contribution is 2.32. The fourth-order valence-corrected chi connectivity index (χ4v) is 3.10. The molecule has 2 rings (SSSR count). The number of alkyl halides is 3. The molecule has 1 aromatic carbocycles. The van der Waals surface area contributed by atoms with E-state index in [1.807, 2.05) is 0 Å². The molecule has 0 fully saturated rings. The lowest BCUT2D eigenvalue weighted by Crippen LogP contribution is -2.32. The molecule has 0 saturated heterocycles. The minimum Gasteiger partial charge on any atom is -0.333 e. The van der Waals surface area contributed by atoms with Crippen LogP contribution in [0, 0.1) is 6.92 Å². The zero-order valence-electron chi connectivity index (χ0n) is 15.5. The van der Waals surface area contributed by atoms with Gasteiger partial charge in [-0.15, -0.1) is 0 Å². The van der Waals surface area contributed by atoms with Gasteiger partial charge in [0.2, 0.25) is 5.91 Å². The van der Waals surface area contributed by atoms with Crippen LogP contribution >= 0.6 is 11.6 Å². The summed E-state index contributed by atoms with van der Waals surface area (Å²) in [6.45, 7) is 5.60. The lowest BCUT2D eigenvalue weighted by Gasteiger charge is -2.28. The summed E-state index contributed by atoms with van der Waals surface area (Å²) >= 11 is 6.15. The van der Waals surface area contributed by atoms with Crippen molar-refractivity contribution >= 4 is 23.6 Å². The van der Waals surface area contributed by atoms with Crippen molar-refractivity contribution in [3.8, 4) is 0 Å². The minimum atomic E-state index is -4.43. The van der Waals surface area contributed by atoms with Gasteiger partial charge >= 0.3 is 6.18 Å². The number of carbonyl (C=O) groups excluding carboxylic acids is 1. The molecule has 1 amide bonds. The number of aromatic nitrogens is 2. The second kappa shape index (κ2) is 8.17. The quantitative estimate of drug-likeness (QED) is 0.662. The third kappa shape index (κ3) is 4.71. The third-order valence-electron chi connectivity index (χ3n) is 4.38. The molecule has 0 bridgehead atoms. The Kier molecular flexibility index (Phi) is 6.36. The van der Waals surface area contributed by atoms with Gasteiger partial charge in [0.15, 0.2) is 0 Å². The molecule has 146 valence electrons. The molecule has 4 nitrogen and oxygen atoms in total. The molecule has 0 N–H and O–H groups in total. The number of hydrogen-bond donors (Lipinski definition) is 0. The SMILES string of the molecule is CCN(C(=O)/C=C/c1c(C)nn(C)c1Cl)C(C)c1cccc(C(F)(F)F)c1. The number of hydrogen-bond acceptors (Lipinski definition) is 2. The van der Waals surface area contributed by atoms with E-state index >= 15 is 0 Å². The van der Waals surface area contributed by atoms with Crippen molar-refractivity contribution < 1.29 is 18.0 Å². The number of halogens is 4. The summed E-state index contributed by atoms with van der Waals surface area (Å²) in [5.41, 5.74) is 1.00. The molecule has 1 unspecified atom stereocenters. The highest BCUT2D eigenvalue weighted by Gasteiger charge is 2.31. The summed E-state index contributed by atoms with van der Waals surface area (Å²) in [6.07, 6.45) is -1.48. The maximum absolute atomic E-state index is 12.9. The lowest BCUT2D eigenvalue weighted by molar-refractivity contribution is -0.137. The van der Waals surface area contributed by atoms with Gasteiger partial charge in [-0.25, -0.2) is 0 Å². The molecule has 0 aliphatic rings. The highest BCUT2D eigenvalue weighted by atomic mass is 35.5. The predicted octanol–water partition coefficient (Wildman–Crippen LogP) is 5.02.